The predicted octanol–water partition coefficient (Wildman–Crippen LogP) is 3.02. The zero-order valence-corrected chi connectivity index (χ0v) is 8.63. The van der Waals surface area contributed by atoms with E-state index in [0.29, 0.717) is 0 Å². The van der Waals surface area contributed by atoms with Crippen LogP contribution in [0.1, 0.15) is 5.56 Å². The molecule has 0 unspecified atom stereocenters. The average Bonchev–Trinajstić information content (AvgIpc) is 1.99. The normalized spacial score (nSPS) is 10.7. The van der Waals surface area contributed by atoms with Crippen molar-refractivity contribution in [2.75, 3.05) is 0 Å². The molecule has 58 valence electrons. The first-order valence-corrected chi connectivity index (χ1v) is 4.45. The lowest BCUT2D eigenvalue weighted by molar-refractivity contribution is 0.322. The lowest BCUT2D eigenvalue weighted by atomic mass is 10.2. The summed E-state index contributed by atoms with van der Waals surface area (Å²) in [6.45, 7) is 0. The molecular formula is C7H5Br2NO. The Morgan fingerprint density at radius 2 is 2.09 bits per heavy atom. The molecule has 4 heteroatoms. The minimum absolute atomic E-state index is 0.835. The van der Waals surface area contributed by atoms with E-state index in [2.05, 4.69) is 37.0 Å². The molecule has 1 rings (SSSR count). The van der Waals surface area contributed by atoms with E-state index in [1.807, 2.05) is 18.2 Å². The lowest BCUT2D eigenvalue weighted by Crippen LogP contribution is -1.83. The first-order chi connectivity index (χ1) is 5.25. The number of rotatable bonds is 1. The molecule has 0 aliphatic carbocycles. The van der Waals surface area contributed by atoms with E-state index in [-0.39, 0.29) is 0 Å². The summed E-state index contributed by atoms with van der Waals surface area (Å²) in [6, 6.07) is 5.61. The lowest BCUT2D eigenvalue weighted by Gasteiger charge is -1.97. The largest absolute Gasteiger partial charge is 0.411 e. The Bertz CT molecular complexity index is 286. The highest BCUT2D eigenvalue weighted by Crippen LogP contribution is 2.25. The maximum absolute atomic E-state index is 8.27. The van der Waals surface area contributed by atoms with E-state index >= 15 is 0 Å². The summed E-state index contributed by atoms with van der Waals surface area (Å²) in [7, 11) is 0. The molecule has 0 saturated carbocycles. The molecule has 1 aromatic rings. The highest BCUT2D eigenvalue weighted by Gasteiger charge is 1.99. The monoisotopic (exact) mass is 277 g/mol. The van der Waals surface area contributed by atoms with Crippen molar-refractivity contribution in [3.8, 4) is 0 Å². The average molecular weight is 279 g/mol. The van der Waals surface area contributed by atoms with Crippen LogP contribution in [0.5, 0.6) is 0 Å². The van der Waals surface area contributed by atoms with Crippen LogP contribution in [0.3, 0.4) is 0 Å². The predicted molar refractivity (Wildman–Crippen MR) is 51.2 cm³/mol. The number of benzene rings is 1. The van der Waals surface area contributed by atoms with Crippen molar-refractivity contribution in [2.24, 2.45) is 5.16 Å². The van der Waals surface area contributed by atoms with Gasteiger partial charge in [0.1, 0.15) is 0 Å². The maximum atomic E-state index is 8.27. The molecule has 1 N–H and O–H groups in total. The fraction of sp³-hybridized carbons (Fsp3) is 0. The Hall–Kier alpha value is -0.350. The Labute approximate surface area is 81.2 Å². The molecule has 1 aromatic carbocycles. The fourth-order valence-corrected chi connectivity index (χ4v) is 1.43. The molecule has 0 bridgehead atoms. The SMILES string of the molecule is O/N=C\c1cccc(Br)c1Br. The molecule has 0 radical (unpaired) electrons. The minimum Gasteiger partial charge on any atom is -0.411 e. The Kier molecular flexibility index (Phi) is 3.08. The second-order valence-corrected chi connectivity index (χ2v) is 3.53. The van der Waals surface area contributed by atoms with Gasteiger partial charge in [-0.3, -0.25) is 0 Å². The molecule has 0 heterocycles. The van der Waals surface area contributed by atoms with E-state index < -0.39 is 0 Å². The van der Waals surface area contributed by atoms with Crippen molar-refractivity contribution in [1.29, 1.82) is 0 Å². The maximum Gasteiger partial charge on any atom is 0.0745 e. The molecule has 0 spiro atoms. The Balaban J connectivity index is 3.16. The third-order valence-corrected chi connectivity index (χ3v) is 3.26. The third kappa shape index (κ3) is 2.04. The molecule has 0 aromatic heterocycles. The van der Waals surface area contributed by atoms with E-state index in [0.717, 1.165) is 14.5 Å². The van der Waals surface area contributed by atoms with Gasteiger partial charge >= 0.3 is 0 Å². The third-order valence-electron chi connectivity index (χ3n) is 1.18. The van der Waals surface area contributed by atoms with Gasteiger partial charge in [-0.2, -0.15) is 0 Å². The Morgan fingerprint density at radius 1 is 1.36 bits per heavy atom. The molecule has 0 aliphatic heterocycles. The van der Waals surface area contributed by atoms with Crippen LogP contribution in [0.15, 0.2) is 32.3 Å². The topological polar surface area (TPSA) is 32.6 Å². The molecule has 2 nitrogen and oxygen atoms in total. The van der Waals surface area contributed by atoms with E-state index in [9.17, 15) is 0 Å². The fourth-order valence-electron chi connectivity index (χ4n) is 0.682. The van der Waals surface area contributed by atoms with Crippen molar-refractivity contribution >= 4 is 38.1 Å². The molecular weight excluding hydrogens is 274 g/mol. The van der Waals surface area contributed by atoms with Gasteiger partial charge in [0.05, 0.1) is 6.21 Å². The highest BCUT2D eigenvalue weighted by atomic mass is 79.9. The van der Waals surface area contributed by atoms with E-state index in [4.69, 9.17) is 5.21 Å². The van der Waals surface area contributed by atoms with Gasteiger partial charge in [0.2, 0.25) is 0 Å². The first kappa shape index (κ1) is 8.74. The molecule has 0 aliphatic rings. The summed E-state index contributed by atoms with van der Waals surface area (Å²) in [5.41, 5.74) is 0.835. The summed E-state index contributed by atoms with van der Waals surface area (Å²) in [5.74, 6) is 0. The van der Waals surface area contributed by atoms with Crippen LogP contribution in [0, 0.1) is 0 Å². The van der Waals surface area contributed by atoms with Gasteiger partial charge in [-0.25, -0.2) is 0 Å². The van der Waals surface area contributed by atoms with Crippen LogP contribution in [0.25, 0.3) is 0 Å². The number of oxime groups is 1. The number of hydrogen-bond donors (Lipinski definition) is 1. The van der Waals surface area contributed by atoms with Gasteiger partial charge < -0.3 is 5.21 Å². The summed E-state index contributed by atoms with van der Waals surface area (Å²) in [6.07, 6.45) is 1.37. The minimum atomic E-state index is 0.835. The smallest absolute Gasteiger partial charge is 0.0745 e. The van der Waals surface area contributed by atoms with Crippen molar-refractivity contribution in [2.45, 2.75) is 0 Å². The summed E-state index contributed by atoms with van der Waals surface area (Å²) < 4.78 is 1.83. The van der Waals surface area contributed by atoms with Crippen molar-refractivity contribution in [3.05, 3.63) is 32.7 Å². The van der Waals surface area contributed by atoms with Crippen molar-refractivity contribution in [1.82, 2.24) is 0 Å². The van der Waals surface area contributed by atoms with Gasteiger partial charge in [0.25, 0.3) is 0 Å². The molecule has 0 atom stereocenters. The van der Waals surface area contributed by atoms with Crippen LogP contribution < -0.4 is 0 Å². The van der Waals surface area contributed by atoms with Gasteiger partial charge in [-0.15, -0.1) is 0 Å². The second kappa shape index (κ2) is 3.88. The van der Waals surface area contributed by atoms with Crippen LogP contribution in [0.2, 0.25) is 0 Å². The molecule has 0 fully saturated rings. The summed E-state index contributed by atoms with van der Waals surface area (Å²) >= 11 is 6.66. The number of nitrogens with zero attached hydrogens (tertiary/aromatic N) is 1. The summed E-state index contributed by atoms with van der Waals surface area (Å²) in [5, 5.41) is 11.2. The van der Waals surface area contributed by atoms with Crippen LogP contribution in [-0.2, 0) is 0 Å². The number of hydrogen-bond acceptors (Lipinski definition) is 2. The second-order valence-electron chi connectivity index (χ2n) is 1.89. The van der Waals surface area contributed by atoms with Crippen LogP contribution in [0.4, 0.5) is 0 Å². The van der Waals surface area contributed by atoms with Crippen molar-refractivity contribution in [3.63, 3.8) is 0 Å². The van der Waals surface area contributed by atoms with E-state index in [1.54, 1.807) is 0 Å². The number of halogens is 2. The van der Waals surface area contributed by atoms with Gasteiger partial charge in [0, 0.05) is 14.5 Å². The molecule has 0 amide bonds. The van der Waals surface area contributed by atoms with Gasteiger partial charge in [-0.1, -0.05) is 17.3 Å². The quantitative estimate of drug-likeness (QED) is 0.478. The first-order valence-electron chi connectivity index (χ1n) is 2.87. The standard InChI is InChI=1S/C7H5Br2NO/c8-6-3-1-2-5(4-10-11)7(6)9/h1-4,11H/b10-4-. The van der Waals surface area contributed by atoms with Crippen LogP contribution in [-0.4, -0.2) is 11.4 Å². The zero-order valence-electron chi connectivity index (χ0n) is 5.46. The molecule has 11 heavy (non-hydrogen) atoms. The van der Waals surface area contributed by atoms with Crippen LogP contribution >= 0.6 is 31.9 Å². The van der Waals surface area contributed by atoms with E-state index in [1.165, 1.54) is 6.21 Å². The highest BCUT2D eigenvalue weighted by molar-refractivity contribution is 9.13. The van der Waals surface area contributed by atoms with Gasteiger partial charge in [-0.05, 0) is 37.9 Å². The van der Waals surface area contributed by atoms with Crippen molar-refractivity contribution < 1.29 is 5.21 Å². The zero-order chi connectivity index (χ0) is 8.27. The van der Waals surface area contributed by atoms with Gasteiger partial charge in [0.15, 0.2) is 0 Å². The Morgan fingerprint density at radius 3 is 2.73 bits per heavy atom. The summed E-state index contributed by atoms with van der Waals surface area (Å²) in [4.78, 5) is 0. The molecule has 0 saturated heterocycles.